The maximum Gasteiger partial charge on any atom is 0.414 e. The highest BCUT2D eigenvalue weighted by molar-refractivity contribution is 7.80. The Kier molecular flexibility index (Phi) is 5.77. The molecule has 1 aliphatic carbocycles. The fourth-order valence-corrected chi connectivity index (χ4v) is 4.12. The summed E-state index contributed by atoms with van der Waals surface area (Å²) >= 11 is 5.27. The van der Waals surface area contributed by atoms with E-state index >= 15 is 0 Å². The van der Waals surface area contributed by atoms with E-state index in [-0.39, 0.29) is 23.8 Å². The van der Waals surface area contributed by atoms with Gasteiger partial charge in [0, 0.05) is 51.2 Å². The predicted molar refractivity (Wildman–Crippen MR) is 112 cm³/mol. The van der Waals surface area contributed by atoms with Crippen LogP contribution in [0, 0.1) is 17.6 Å². The maximum atomic E-state index is 14.8. The van der Waals surface area contributed by atoms with Gasteiger partial charge in [0.1, 0.15) is 11.8 Å². The van der Waals surface area contributed by atoms with Crippen molar-refractivity contribution in [2.24, 2.45) is 5.92 Å². The van der Waals surface area contributed by atoms with Crippen molar-refractivity contribution in [3.8, 4) is 0 Å². The minimum Gasteiger partial charge on any atom is -0.442 e. The first-order valence-corrected chi connectivity index (χ1v) is 10.5. The van der Waals surface area contributed by atoms with E-state index in [0.717, 1.165) is 30.0 Å². The number of nitrogens with zero attached hydrogens (tertiary/aromatic N) is 3. The van der Waals surface area contributed by atoms with Crippen molar-refractivity contribution < 1.29 is 23.1 Å². The van der Waals surface area contributed by atoms with Crippen molar-refractivity contribution in [2.75, 3.05) is 49.1 Å². The van der Waals surface area contributed by atoms with Crippen LogP contribution in [0.15, 0.2) is 12.1 Å². The van der Waals surface area contributed by atoms with E-state index < -0.39 is 23.8 Å². The summed E-state index contributed by atoms with van der Waals surface area (Å²) in [6.07, 6.45) is 1.08. The molecule has 162 valence electrons. The average molecular weight is 439 g/mol. The maximum absolute atomic E-state index is 14.8. The van der Waals surface area contributed by atoms with Crippen LogP contribution in [0.3, 0.4) is 0 Å². The summed E-state index contributed by atoms with van der Waals surface area (Å²) in [5.41, 5.74) is -0.0177. The van der Waals surface area contributed by atoms with E-state index in [4.69, 9.17) is 17.0 Å². The summed E-state index contributed by atoms with van der Waals surface area (Å²) < 4.78 is 34.9. The molecule has 2 saturated heterocycles. The summed E-state index contributed by atoms with van der Waals surface area (Å²) in [6.45, 7) is 3.54. The van der Waals surface area contributed by atoms with Crippen molar-refractivity contribution in [3.63, 3.8) is 0 Å². The van der Waals surface area contributed by atoms with Crippen LogP contribution < -0.4 is 15.1 Å². The van der Waals surface area contributed by atoms with Crippen LogP contribution in [0.25, 0.3) is 0 Å². The Morgan fingerprint density at radius 2 is 1.83 bits per heavy atom. The molecule has 7 nitrogen and oxygen atoms in total. The van der Waals surface area contributed by atoms with E-state index in [0.29, 0.717) is 38.6 Å². The fraction of sp³-hybridized carbons (Fsp3) is 0.550. The number of anilines is 2. The molecule has 1 aromatic rings. The van der Waals surface area contributed by atoms with E-state index in [1.165, 1.54) is 11.8 Å². The molecule has 3 fully saturated rings. The number of thiocarbonyl (C=S) groups is 1. The second-order valence-corrected chi connectivity index (χ2v) is 8.33. The van der Waals surface area contributed by atoms with Gasteiger partial charge in [-0.2, -0.15) is 0 Å². The molecule has 2 amide bonds. The molecule has 0 bridgehead atoms. The van der Waals surface area contributed by atoms with Gasteiger partial charge in [-0.3, -0.25) is 9.69 Å². The molecule has 0 spiro atoms. The summed E-state index contributed by atoms with van der Waals surface area (Å²) in [7, 11) is 0. The Morgan fingerprint density at radius 1 is 1.20 bits per heavy atom. The van der Waals surface area contributed by atoms with Gasteiger partial charge in [-0.25, -0.2) is 13.6 Å². The molecular formula is C20H24F2N4O3S. The molecule has 2 heterocycles. The lowest BCUT2D eigenvalue weighted by Crippen LogP contribution is -2.48. The monoisotopic (exact) mass is 438 g/mol. The third-order valence-corrected chi connectivity index (χ3v) is 6.16. The van der Waals surface area contributed by atoms with Crippen LogP contribution in [-0.2, 0) is 9.53 Å². The number of benzene rings is 1. The highest BCUT2D eigenvalue weighted by Gasteiger charge is 2.35. The first-order valence-electron chi connectivity index (χ1n) is 10.1. The molecular weight excluding hydrogens is 414 g/mol. The lowest BCUT2D eigenvalue weighted by atomic mass is 10.2. The van der Waals surface area contributed by atoms with Gasteiger partial charge in [0.25, 0.3) is 0 Å². The zero-order valence-corrected chi connectivity index (χ0v) is 17.5. The number of carbonyl (C=O) groups excluding carboxylic acids is 2. The van der Waals surface area contributed by atoms with Crippen LogP contribution in [0.4, 0.5) is 25.0 Å². The smallest absolute Gasteiger partial charge is 0.414 e. The molecule has 30 heavy (non-hydrogen) atoms. The zero-order chi connectivity index (χ0) is 21.4. The highest BCUT2D eigenvalue weighted by Crippen LogP contribution is 2.32. The van der Waals surface area contributed by atoms with Crippen molar-refractivity contribution in [3.05, 3.63) is 23.8 Å². The lowest BCUT2D eigenvalue weighted by molar-refractivity contribution is -0.129. The molecule has 2 aliphatic heterocycles. The van der Waals surface area contributed by atoms with Crippen molar-refractivity contribution >= 4 is 40.6 Å². The van der Waals surface area contributed by atoms with Gasteiger partial charge in [0.15, 0.2) is 11.6 Å². The first kappa shape index (κ1) is 20.8. The second kappa shape index (κ2) is 8.33. The number of halogens is 2. The number of rotatable bonds is 5. The number of piperazine rings is 1. The number of hydrogen-bond acceptors (Lipinski definition) is 5. The normalized spacial score (nSPS) is 21.6. The van der Waals surface area contributed by atoms with Gasteiger partial charge in [-0.1, -0.05) is 12.2 Å². The van der Waals surface area contributed by atoms with Crippen LogP contribution in [0.5, 0.6) is 0 Å². The molecule has 1 N–H and O–H groups in total. The lowest BCUT2D eigenvalue weighted by Gasteiger charge is -2.36. The van der Waals surface area contributed by atoms with Crippen LogP contribution >= 0.6 is 12.2 Å². The predicted octanol–water partition coefficient (Wildman–Crippen LogP) is 2.29. The van der Waals surface area contributed by atoms with E-state index in [9.17, 15) is 18.4 Å². The molecule has 0 aromatic heterocycles. The Hall–Kier alpha value is -2.49. The third-order valence-electron chi connectivity index (χ3n) is 5.68. The quantitative estimate of drug-likeness (QED) is 0.712. The molecule has 0 unspecified atom stereocenters. The van der Waals surface area contributed by atoms with Gasteiger partial charge < -0.3 is 19.9 Å². The van der Waals surface area contributed by atoms with Crippen LogP contribution in [-0.4, -0.2) is 67.3 Å². The molecule has 0 radical (unpaired) electrons. The molecule has 1 saturated carbocycles. The van der Waals surface area contributed by atoms with Crippen LogP contribution in [0.2, 0.25) is 0 Å². The molecule has 1 atom stereocenters. The van der Waals surface area contributed by atoms with E-state index in [2.05, 4.69) is 5.32 Å². The number of nitrogens with one attached hydrogen (secondary N) is 1. The summed E-state index contributed by atoms with van der Waals surface area (Å²) in [6, 6.07) is 2.31. The van der Waals surface area contributed by atoms with Gasteiger partial charge >= 0.3 is 6.09 Å². The molecule has 1 aromatic carbocycles. The number of cyclic esters (lactones) is 1. The topological polar surface area (TPSA) is 65.1 Å². The minimum absolute atomic E-state index is 0.0552. The van der Waals surface area contributed by atoms with Gasteiger partial charge in [-0.15, -0.1) is 0 Å². The fourth-order valence-electron chi connectivity index (χ4n) is 3.80. The highest BCUT2D eigenvalue weighted by atomic mass is 32.1. The molecule has 10 heteroatoms. The van der Waals surface area contributed by atoms with Crippen molar-refractivity contribution in [1.29, 1.82) is 0 Å². The Bertz CT molecular complexity index is 849. The average Bonchev–Trinajstić information content (AvgIpc) is 3.48. The second-order valence-electron chi connectivity index (χ2n) is 7.89. The third kappa shape index (κ3) is 4.33. The Morgan fingerprint density at radius 3 is 2.40 bits per heavy atom. The van der Waals surface area contributed by atoms with Crippen molar-refractivity contribution in [2.45, 2.75) is 25.9 Å². The Balaban J connectivity index is 1.42. The summed E-state index contributed by atoms with van der Waals surface area (Å²) in [5, 5.41) is 3.11. The van der Waals surface area contributed by atoms with Gasteiger partial charge in [-0.05, 0) is 12.8 Å². The number of carbonyl (C=O) groups is 2. The summed E-state index contributed by atoms with van der Waals surface area (Å²) in [4.78, 5) is 28.9. The van der Waals surface area contributed by atoms with E-state index in [1.54, 1.807) is 9.80 Å². The SMILES string of the molecule is CC(=O)N1CCN(c2c(F)cc(N3C[C@H](CNC(=S)C4CC4)OC3=O)cc2F)CC1. The van der Waals surface area contributed by atoms with E-state index in [1.807, 2.05) is 0 Å². The number of amides is 2. The minimum atomic E-state index is -0.745. The van der Waals surface area contributed by atoms with Gasteiger partial charge in [0.05, 0.1) is 23.8 Å². The largest absolute Gasteiger partial charge is 0.442 e. The first-order chi connectivity index (χ1) is 14.3. The number of hydrogen-bond donors (Lipinski definition) is 1. The number of ether oxygens (including phenoxy) is 1. The van der Waals surface area contributed by atoms with Gasteiger partial charge in [0.2, 0.25) is 5.91 Å². The Labute approximate surface area is 178 Å². The summed E-state index contributed by atoms with van der Waals surface area (Å²) in [5.74, 6) is -1.13. The van der Waals surface area contributed by atoms with Crippen molar-refractivity contribution in [1.82, 2.24) is 10.2 Å². The zero-order valence-electron chi connectivity index (χ0n) is 16.7. The molecule has 4 rings (SSSR count). The van der Waals surface area contributed by atoms with Crippen LogP contribution in [0.1, 0.15) is 19.8 Å². The standard InChI is InChI=1S/C20H24F2N4O3S/c1-12(27)24-4-6-25(7-5-24)18-16(21)8-14(9-17(18)22)26-11-15(29-20(26)28)10-23-19(30)13-2-3-13/h8-9,13,15H,2-7,10-11H2,1H3,(H,23,30)/t15-/m0/s1. The molecule has 3 aliphatic rings.